The molecule has 29 heavy (non-hydrogen) atoms. The Morgan fingerprint density at radius 2 is 1.86 bits per heavy atom. The van der Waals surface area contributed by atoms with Crippen molar-refractivity contribution in [3.05, 3.63) is 93.5 Å². The normalized spacial score (nSPS) is 10.8. The van der Waals surface area contributed by atoms with Crippen molar-refractivity contribution in [1.29, 1.82) is 0 Å². The maximum atomic E-state index is 13.8. The molecule has 0 aliphatic heterocycles. The third-order valence-electron chi connectivity index (χ3n) is 4.17. The predicted octanol–water partition coefficient (Wildman–Crippen LogP) is 4.92. The van der Waals surface area contributed by atoms with E-state index in [1.165, 1.54) is 36.5 Å². The van der Waals surface area contributed by atoms with Gasteiger partial charge in [0.25, 0.3) is 5.69 Å². The van der Waals surface area contributed by atoms with E-state index in [1.807, 2.05) is 0 Å². The molecule has 0 fully saturated rings. The van der Waals surface area contributed by atoms with Crippen molar-refractivity contribution in [2.45, 2.75) is 0 Å². The van der Waals surface area contributed by atoms with Gasteiger partial charge in [-0.3, -0.25) is 14.5 Å². The number of esters is 1. The number of hydrogen-bond donors (Lipinski definition) is 0. The Hall–Kier alpha value is -3.78. The number of imidazole rings is 1. The number of ether oxygens (including phenoxy) is 1. The van der Waals surface area contributed by atoms with Gasteiger partial charge in [0, 0.05) is 17.8 Å². The van der Waals surface area contributed by atoms with Crippen molar-refractivity contribution in [2.75, 3.05) is 0 Å². The van der Waals surface area contributed by atoms with Crippen molar-refractivity contribution >= 4 is 28.9 Å². The topological polar surface area (TPSA) is 86.7 Å². The number of carbonyl (C=O) groups excluding carboxylic acids is 1. The van der Waals surface area contributed by atoms with E-state index in [9.17, 15) is 19.3 Å². The number of hydrogen-bond acceptors (Lipinski definition) is 5. The third kappa shape index (κ3) is 3.65. The first kappa shape index (κ1) is 18.6. The van der Waals surface area contributed by atoms with Gasteiger partial charge in [-0.15, -0.1) is 0 Å². The molecule has 2 heterocycles. The maximum Gasteiger partial charge on any atom is 0.348 e. The van der Waals surface area contributed by atoms with Crippen LogP contribution in [0.3, 0.4) is 0 Å². The van der Waals surface area contributed by atoms with Crippen LogP contribution in [0.4, 0.5) is 10.1 Å². The molecule has 0 amide bonds. The molecule has 9 heteroatoms. The summed E-state index contributed by atoms with van der Waals surface area (Å²) in [4.78, 5) is 27.0. The van der Waals surface area contributed by atoms with E-state index in [0.29, 0.717) is 16.9 Å². The second kappa shape index (κ2) is 7.33. The monoisotopic (exact) mass is 411 g/mol. The summed E-state index contributed by atoms with van der Waals surface area (Å²) in [6.07, 6.45) is 3.03. The number of aromatic nitrogens is 2. The quantitative estimate of drug-likeness (QED) is 0.206. The summed E-state index contributed by atoms with van der Waals surface area (Å²) in [7, 11) is 0. The van der Waals surface area contributed by atoms with Crippen LogP contribution in [0.5, 0.6) is 5.75 Å². The van der Waals surface area contributed by atoms with Gasteiger partial charge in [-0.2, -0.15) is 0 Å². The molecule has 0 aliphatic carbocycles. The Balaban J connectivity index is 1.57. The molecule has 0 aliphatic rings. The first-order chi connectivity index (χ1) is 13.9. The Morgan fingerprint density at radius 3 is 2.55 bits per heavy atom. The van der Waals surface area contributed by atoms with Gasteiger partial charge in [0.1, 0.15) is 22.8 Å². The standard InChI is InChI=1S/C20H11ClFN3O4/c21-15-2-1-3-16(22)19(15)20(26)29-14-7-4-12(5-8-14)17-11-24-10-13(25(27)28)6-9-18(24)23-17/h1-11H. The van der Waals surface area contributed by atoms with Gasteiger partial charge in [0.05, 0.1) is 21.8 Å². The fourth-order valence-electron chi connectivity index (χ4n) is 2.77. The van der Waals surface area contributed by atoms with Gasteiger partial charge >= 0.3 is 5.97 Å². The van der Waals surface area contributed by atoms with Crippen molar-refractivity contribution in [2.24, 2.45) is 0 Å². The van der Waals surface area contributed by atoms with Gasteiger partial charge < -0.3 is 4.74 Å². The molecule has 0 spiro atoms. The highest BCUT2D eigenvalue weighted by Crippen LogP contribution is 2.25. The molecule has 2 aromatic carbocycles. The van der Waals surface area contributed by atoms with Crippen molar-refractivity contribution < 1.29 is 18.8 Å². The molecule has 0 radical (unpaired) electrons. The molecule has 0 bridgehead atoms. The van der Waals surface area contributed by atoms with Crippen LogP contribution in [0.25, 0.3) is 16.9 Å². The summed E-state index contributed by atoms with van der Waals surface area (Å²) in [5.74, 6) is -1.46. The second-order valence-corrected chi connectivity index (χ2v) is 6.45. The SMILES string of the molecule is O=C(Oc1ccc(-c2cn3cc([N+](=O)[O-])ccc3n2)cc1)c1c(F)cccc1Cl. The van der Waals surface area contributed by atoms with E-state index in [4.69, 9.17) is 16.3 Å². The zero-order valence-corrected chi connectivity index (χ0v) is 15.3. The molecule has 4 rings (SSSR count). The lowest BCUT2D eigenvalue weighted by Gasteiger charge is -2.07. The van der Waals surface area contributed by atoms with E-state index in [0.717, 1.165) is 6.07 Å². The number of benzene rings is 2. The Morgan fingerprint density at radius 1 is 1.10 bits per heavy atom. The number of carbonyl (C=O) groups is 1. The molecule has 0 N–H and O–H groups in total. The zero-order valence-electron chi connectivity index (χ0n) is 14.6. The van der Waals surface area contributed by atoms with Crippen molar-refractivity contribution in [1.82, 2.24) is 9.38 Å². The Bertz CT molecular complexity index is 1230. The van der Waals surface area contributed by atoms with Crippen LogP contribution in [-0.4, -0.2) is 20.3 Å². The summed E-state index contributed by atoms with van der Waals surface area (Å²) in [5.41, 5.74) is 1.46. The summed E-state index contributed by atoms with van der Waals surface area (Å²) in [6, 6.07) is 13.3. The number of halogens is 2. The molecule has 144 valence electrons. The minimum atomic E-state index is -0.902. The molecule has 0 saturated carbocycles. The second-order valence-electron chi connectivity index (χ2n) is 6.05. The fraction of sp³-hybridized carbons (Fsp3) is 0. The van der Waals surface area contributed by atoms with Gasteiger partial charge in [0.2, 0.25) is 0 Å². The van der Waals surface area contributed by atoms with Crippen LogP contribution < -0.4 is 4.74 Å². The summed E-state index contributed by atoms with van der Waals surface area (Å²) >= 11 is 5.87. The summed E-state index contributed by atoms with van der Waals surface area (Å²) in [5, 5.41) is 10.9. The summed E-state index contributed by atoms with van der Waals surface area (Å²) in [6.45, 7) is 0. The molecular formula is C20H11ClFN3O4. The Kier molecular flexibility index (Phi) is 4.69. The molecular weight excluding hydrogens is 401 g/mol. The van der Waals surface area contributed by atoms with E-state index < -0.39 is 16.7 Å². The molecule has 4 aromatic rings. The highest BCUT2D eigenvalue weighted by atomic mass is 35.5. The van der Waals surface area contributed by atoms with Gasteiger partial charge in [0.15, 0.2) is 0 Å². The van der Waals surface area contributed by atoms with E-state index in [2.05, 4.69) is 4.98 Å². The first-order valence-corrected chi connectivity index (χ1v) is 8.70. The van der Waals surface area contributed by atoms with Crippen molar-refractivity contribution in [3.8, 4) is 17.0 Å². The number of nitrogens with zero attached hydrogens (tertiary/aromatic N) is 3. The highest BCUT2D eigenvalue weighted by molar-refractivity contribution is 6.33. The minimum absolute atomic E-state index is 0.0367. The van der Waals surface area contributed by atoms with Gasteiger partial charge in [-0.1, -0.05) is 17.7 Å². The van der Waals surface area contributed by atoms with Crippen molar-refractivity contribution in [3.63, 3.8) is 0 Å². The maximum absolute atomic E-state index is 13.8. The number of rotatable bonds is 4. The number of pyridine rings is 1. The number of nitro groups is 1. The predicted molar refractivity (Wildman–Crippen MR) is 104 cm³/mol. The van der Waals surface area contributed by atoms with Crippen LogP contribution in [-0.2, 0) is 0 Å². The molecule has 7 nitrogen and oxygen atoms in total. The zero-order chi connectivity index (χ0) is 20.5. The van der Waals surface area contributed by atoms with Crippen LogP contribution in [0, 0.1) is 15.9 Å². The molecule has 0 saturated heterocycles. The first-order valence-electron chi connectivity index (χ1n) is 8.32. The molecule has 2 aromatic heterocycles. The lowest BCUT2D eigenvalue weighted by molar-refractivity contribution is -0.385. The smallest absolute Gasteiger partial charge is 0.348 e. The molecule has 0 unspecified atom stereocenters. The number of fused-ring (bicyclic) bond motifs is 1. The fourth-order valence-corrected chi connectivity index (χ4v) is 3.01. The van der Waals surface area contributed by atoms with Crippen LogP contribution in [0.2, 0.25) is 5.02 Å². The minimum Gasteiger partial charge on any atom is -0.423 e. The highest BCUT2D eigenvalue weighted by Gasteiger charge is 2.18. The van der Waals surface area contributed by atoms with Crippen LogP contribution in [0.15, 0.2) is 67.0 Å². The molecule has 0 atom stereocenters. The lowest BCUT2D eigenvalue weighted by atomic mass is 10.1. The third-order valence-corrected chi connectivity index (χ3v) is 4.49. The summed E-state index contributed by atoms with van der Waals surface area (Å²) < 4.78 is 20.6. The van der Waals surface area contributed by atoms with E-state index in [-0.39, 0.29) is 22.0 Å². The average Bonchev–Trinajstić information content (AvgIpc) is 3.11. The van der Waals surface area contributed by atoms with E-state index >= 15 is 0 Å². The van der Waals surface area contributed by atoms with Gasteiger partial charge in [-0.05, 0) is 42.5 Å². The average molecular weight is 412 g/mol. The largest absolute Gasteiger partial charge is 0.423 e. The van der Waals surface area contributed by atoms with Crippen LogP contribution >= 0.6 is 11.6 Å². The van der Waals surface area contributed by atoms with Crippen LogP contribution in [0.1, 0.15) is 10.4 Å². The lowest BCUT2D eigenvalue weighted by Crippen LogP contribution is -2.11. The Labute approximate surface area is 168 Å². The van der Waals surface area contributed by atoms with E-state index in [1.54, 1.807) is 28.8 Å². The van der Waals surface area contributed by atoms with Gasteiger partial charge in [-0.25, -0.2) is 14.2 Å².